The van der Waals surface area contributed by atoms with Crippen LogP contribution in [0.25, 0.3) is 17.4 Å². The zero-order valence-electron chi connectivity index (χ0n) is 12.7. The van der Waals surface area contributed by atoms with Crippen molar-refractivity contribution in [2.24, 2.45) is 0 Å². The molecular weight excluding hydrogens is 324 g/mol. The summed E-state index contributed by atoms with van der Waals surface area (Å²) < 4.78 is 10.6. The van der Waals surface area contributed by atoms with Crippen molar-refractivity contribution >= 4 is 17.5 Å². The van der Waals surface area contributed by atoms with Crippen molar-refractivity contribution in [2.75, 3.05) is 0 Å². The molecule has 7 nitrogen and oxygen atoms in total. The van der Waals surface area contributed by atoms with E-state index in [4.69, 9.17) is 8.83 Å². The second-order valence-corrected chi connectivity index (χ2v) is 4.99. The van der Waals surface area contributed by atoms with Gasteiger partial charge in [0.15, 0.2) is 5.76 Å². The molecule has 0 saturated carbocycles. The minimum Gasteiger partial charge on any atom is -0.461 e. The van der Waals surface area contributed by atoms with Gasteiger partial charge in [0.05, 0.1) is 11.2 Å². The Kier molecular flexibility index (Phi) is 4.26. The van der Waals surface area contributed by atoms with Crippen LogP contribution in [0.1, 0.15) is 16.3 Å². The number of nitriles is 1. The maximum absolute atomic E-state index is 12.1. The number of nitrogens with zero attached hydrogens (tertiary/aromatic N) is 2. The molecule has 0 saturated heterocycles. The van der Waals surface area contributed by atoms with E-state index in [9.17, 15) is 20.2 Å². The maximum atomic E-state index is 12.1. The van der Waals surface area contributed by atoms with E-state index < -0.39 is 10.7 Å². The number of non-ortho nitro benzene ring substituents is 1. The van der Waals surface area contributed by atoms with Crippen molar-refractivity contribution < 1.29 is 18.6 Å². The Balaban J connectivity index is 1.91. The molecule has 0 aliphatic rings. The van der Waals surface area contributed by atoms with Crippen LogP contribution in [0, 0.1) is 21.4 Å². The number of benzene rings is 1. The summed E-state index contributed by atoms with van der Waals surface area (Å²) in [6.07, 6.45) is 2.64. The predicted molar refractivity (Wildman–Crippen MR) is 87.4 cm³/mol. The molecule has 0 aliphatic carbocycles. The molecule has 122 valence electrons. The summed E-state index contributed by atoms with van der Waals surface area (Å²) in [5.74, 6) is 0.162. The van der Waals surface area contributed by atoms with E-state index >= 15 is 0 Å². The highest BCUT2D eigenvalue weighted by molar-refractivity contribution is 6.12. The lowest BCUT2D eigenvalue weighted by Gasteiger charge is -1.97. The minimum absolute atomic E-state index is 0.0539. The van der Waals surface area contributed by atoms with E-state index in [-0.39, 0.29) is 22.8 Å². The molecule has 0 bridgehead atoms. The van der Waals surface area contributed by atoms with Crippen molar-refractivity contribution in [3.8, 4) is 17.4 Å². The van der Waals surface area contributed by atoms with Gasteiger partial charge in [0, 0.05) is 23.8 Å². The van der Waals surface area contributed by atoms with Gasteiger partial charge >= 0.3 is 0 Å². The Hall–Kier alpha value is -3.92. The number of carbonyl (C=O) groups is 1. The molecule has 0 spiro atoms. The number of nitro benzene ring substituents is 1. The summed E-state index contributed by atoms with van der Waals surface area (Å²) in [7, 11) is 0. The first-order chi connectivity index (χ1) is 12.1. The Morgan fingerprint density at radius 1 is 1.20 bits per heavy atom. The average Bonchev–Trinajstić information content (AvgIpc) is 3.31. The van der Waals surface area contributed by atoms with Gasteiger partial charge in [-0.1, -0.05) is 12.1 Å². The number of hydrogen-bond acceptors (Lipinski definition) is 6. The molecule has 0 unspecified atom stereocenters. The third kappa shape index (κ3) is 3.38. The van der Waals surface area contributed by atoms with E-state index in [2.05, 4.69) is 0 Å². The number of rotatable bonds is 5. The smallest absolute Gasteiger partial charge is 0.270 e. The van der Waals surface area contributed by atoms with E-state index in [0.717, 1.165) is 0 Å². The Morgan fingerprint density at radius 3 is 2.72 bits per heavy atom. The zero-order chi connectivity index (χ0) is 17.8. The molecule has 3 aromatic rings. The van der Waals surface area contributed by atoms with Crippen LogP contribution in [0.4, 0.5) is 5.69 Å². The summed E-state index contributed by atoms with van der Waals surface area (Å²) in [6.45, 7) is 0. The minimum atomic E-state index is -0.555. The van der Waals surface area contributed by atoms with Crippen LogP contribution in [0.5, 0.6) is 0 Å². The van der Waals surface area contributed by atoms with Crippen molar-refractivity contribution in [3.05, 3.63) is 82.0 Å². The van der Waals surface area contributed by atoms with Gasteiger partial charge in [-0.15, -0.1) is 0 Å². The van der Waals surface area contributed by atoms with Crippen LogP contribution in [-0.2, 0) is 0 Å². The Morgan fingerprint density at radius 2 is 2.04 bits per heavy atom. The van der Waals surface area contributed by atoms with Crippen LogP contribution >= 0.6 is 0 Å². The van der Waals surface area contributed by atoms with Crippen LogP contribution in [0.15, 0.2) is 69.2 Å². The zero-order valence-corrected chi connectivity index (χ0v) is 12.7. The topological polar surface area (TPSA) is 110 Å². The quantitative estimate of drug-likeness (QED) is 0.227. The van der Waals surface area contributed by atoms with Gasteiger partial charge in [0.25, 0.3) is 5.69 Å². The van der Waals surface area contributed by atoms with Gasteiger partial charge in [-0.05, 0) is 24.3 Å². The molecule has 7 heteroatoms. The summed E-state index contributed by atoms with van der Waals surface area (Å²) in [5.41, 5.74) is 0.316. The number of carbonyl (C=O) groups excluding carboxylic acids is 1. The number of nitro groups is 1. The third-order valence-corrected chi connectivity index (χ3v) is 3.36. The Labute approximate surface area is 141 Å². The van der Waals surface area contributed by atoms with Gasteiger partial charge in [0.2, 0.25) is 5.78 Å². The molecule has 25 heavy (non-hydrogen) atoms. The van der Waals surface area contributed by atoms with Crippen LogP contribution in [0.2, 0.25) is 0 Å². The number of hydrogen-bond donors (Lipinski definition) is 0. The molecule has 3 rings (SSSR count). The number of ketones is 1. The lowest BCUT2D eigenvalue weighted by Crippen LogP contribution is -1.99. The highest BCUT2D eigenvalue weighted by Crippen LogP contribution is 2.26. The largest absolute Gasteiger partial charge is 0.461 e. The maximum Gasteiger partial charge on any atom is 0.270 e. The second-order valence-electron chi connectivity index (χ2n) is 4.99. The third-order valence-electron chi connectivity index (χ3n) is 3.36. The van der Waals surface area contributed by atoms with E-state index in [1.165, 1.54) is 30.5 Å². The van der Waals surface area contributed by atoms with Gasteiger partial charge in [-0.2, -0.15) is 5.26 Å². The monoisotopic (exact) mass is 334 g/mol. The summed E-state index contributed by atoms with van der Waals surface area (Å²) >= 11 is 0. The second kappa shape index (κ2) is 6.68. The summed E-state index contributed by atoms with van der Waals surface area (Å²) in [4.78, 5) is 22.5. The van der Waals surface area contributed by atoms with Crippen molar-refractivity contribution in [1.82, 2.24) is 0 Å². The SMILES string of the molecule is N#C/C(=C\c1ccc(-c2cccc([N+](=O)[O-])c2)o1)C(=O)c1ccco1. The van der Waals surface area contributed by atoms with Crippen LogP contribution in [0.3, 0.4) is 0 Å². The van der Waals surface area contributed by atoms with E-state index in [0.29, 0.717) is 11.3 Å². The molecule has 0 N–H and O–H groups in total. The number of allylic oxidation sites excluding steroid dienone is 1. The van der Waals surface area contributed by atoms with Gasteiger partial charge < -0.3 is 8.83 Å². The summed E-state index contributed by atoms with van der Waals surface area (Å²) in [5, 5.41) is 20.0. The standard InChI is InChI=1S/C18H10N2O5/c19-11-13(18(21)17-5-2-8-24-17)10-15-6-7-16(25-15)12-3-1-4-14(9-12)20(22)23/h1-10H/b13-10+. The lowest BCUT2D eigenvalue weighted by molar-refractivity contribution is -0.384. The van der Waals surface area contributed by atoms with Gasteiger partial charge in [-0.25, -0.2) is 0 Å². The molecule has 0 radical (unpaired) electrons. The first kappa shape index (κ1) is 16.0. The molecule has 2 aromatic heterocycles. The van der Waals surface area contributed by atoms with Gasteiger partial charge in [-0.3, -0.25) is 14.9 Å². The highest BCUT2D eigenvalue weighted by Gasteiger charge is 2.16. The van der Waals surface area contributed by atoms with Crippen molar-refractivity contribution in [2.45, 2.75) is 0 Å². The fourth-order valence-electron chi connectivity index (χ4n) is 2.19. The summed E-state index contributed by atoms with van der Waals surface area (Å²) in [6, 6.07) is 14.0. The van der Waals surface area contributed by atoms with Gasteiger partial charge in [0.1, 0.15) is 23.2 Å². The first-order valence-corrected chi connectivity index (χ1v) is 7.13. The molecule has 1 aromatic carbocycles. The normalized spacial score (nSPS) is 11.1. The number of Topliss-reactive ketones (excluding diaryl/α,β-unsaturated/α-hetero) is 1. The van der Waals surface area contributed by atoms with Crippen molar-refractivity contribution in [3.63, 3.8) is 0 Å². The molecular formula is C18H10N2O5. The molecule has 0 aliphatic heterocycles. The lowest BCUT2D eigenvalue weighted by atomic mass is 10.1. The Bertz CT molecular complexity index is 1010. The fraction of sp³-hybridized carbons (Fsp3) is 0. The first-order valence-electron chi connectivity index (χ1n) is 7.13. The predicted octanol–water partition coefficient (Wildman–Crippen LogP) is 4.24. The molecule has 0 fully saturated rings. The van der Waals surface area contributed by atoms with Crippen LogP contribution in [-0.4, -0.2) is 10.7 Å². The highest BCUT2D eigenvalue weighted by atomic mass is 16.6. The van der Waals surface area contributed by atoms with Crippen LogP contribution < -0.4 is 0 Å². The van der Waals surface area contributed by atoms with E-state index in [1.54, 1.807) is 30.3 Å². The molecule has 0 amide bonds. The van der Waals surface area contributed by atoms with E-state index in [1.807, 2.05) is 6.07 Å². The average molecular weight is 334 g/mol. The molecule has 2 heterocycles. The van der Waals surface area contributed by atoms with Crippen molar-refractivity contribution in [1.29, 1.82) is 5.26 Å². The number of furan rings is 2. The molecule has 0 atom stereocenters. The fourth-order valence-corrected chi connectivity index (χ4v) is 2.19.